The van der Waals surface area contributed by atoms with Gasteiger partial charge in [-0.15, -0.1) is 0 Å². The van der Waals surface area contributed by atoms with E-state index in [9.17, 15) is 4.79 Å². The molecule has 0 aliphatic heterocycles. The van der Waals surface area contributed by atoms with Crippen LogP contribution in [-0.4, -0.2) is 16.5 Å². The van der Waals surface area contributed by atoms with Gasteiger partial charge in [-0.25, -0.2) is 9.78 Å². The van der Waals surface area contributed by atoms with Crippen LogP contribution in [0.3, 0.4) is 0 Å². The van der Waals surface area contributed by atoms with Gasteiger partial charge in [0.25, 0.3) is 0 Å². The number of ether oxygens (including phenoxy) is 1. The van der Waals surface area contributed by atoms with Crippen molar-refractivity contribution in [3.05, 3.63) is 89.4 Å². The Labute approximate surface area is 170 Å². The lowest BCUT2D eigenvalue weighted by Crippen LogP contribution is -1.97. The summed E-state index contributed by atoms with van der Waals surface area (Å²) in [5, 5.41) is 1.81. The largest absolute Gasteiger partial charge is 0.497 e. The maximum Gasteiger partial charge on any atom is 0.337 e. The average Bonchev–Trinajstić information content (AvgIpc) is 3.12. The lowest BCUT2D eigenvalue weighted by molar-refractivity contribution is 0.415. The van der Waals surface area contributed by atoms with Crippen LogP contribution in [0.5, 0.6) is 5.75 Å². The first-order chi connectivity index (χ1) is 14.2. The smallest absolute Gasteiger partial charge is 0.337 e. The second-order valence-corrected chi connectivity index (χ2v) is 7.48. The second kappa shape index (κ2) is 7.14. The molecule has 0 spiro atoms. The molecule has 0 N–H and O–H groups in total. The summed E-state index contributed by atoms with van der Waals surface area (Å²) in [6, 6.07) is 22.8. The van der Waals surface area contributed by atoms with E-state index in [1.54, 1.807) is 13.2 Å². The van der Waals surface area contributed by atoms with E-state index in [0.717, 1.165) is 38.0 Å². The molecule has 0 fully saturated rings. The zero-order valence-electron chi connectivity index (χ0n) is 15.5. The summed E-state index contributed by atoms with van der Waals surface area (Å²) in [6.07, 6.45) is 1.97. The van der Waals surface area contributed by atoms with E-state index in [2.05, 4.69) is 0 Å². The Balaban J connectivity index is 1.74. The monoisotopic (exact) mass is 400 g/mol. The highest BCUT2D eigenvalue weighted by Gasteiger charge is 2.17. The molecule has 0 saturated heterocycles. The summed E-state index contributed by atoms with van der Waals surface area (Å²) in [5.74, 6) is 0.765. The van der Waals surface area contributed by atoms with Gasteiger partial charge in [0.15, 0.2) is 0 Å². The molecule has 29 heavy (non-hydrogen) atoms. The fourth-order valence-electron chi connectivity index (χ4n) is 3.30. The predicted octanol–water partition coefficient (Wildman–Crippen LogP) is 5.27. The lowest BCUT2D eigenvalue weighted by atomic mass is 10.1. The quantitative estimate of drug-likeness (QED) is 0.385. The molecule has 0 radical (unpaired) electrons. The first-order valence-corrected chi connectivity index (χ1v) is 9.87. The Morgan fingerprint density at radius 1 is 1.00 bits per heavy atom. The van der Waals surface area contributed by atoms with E-state index in [0.29, 0.717) is 5.58 Å². The SMILES string of the molecule is COc1cccc(-c2nc3ccccn3c2Sc2cc(=O)oc3ccccc23)c1. The van der Waals surface area contributed by atoms with Crippen molar-refractivity contribution in [2.75, 3.05) is 7.11 Å². The summed E-state index contributed by atoms with van der Waals surface area (Å²) in [7, 11) is 1.65. The molecule has 0 saturated carbocycles. The zero-order valence-corrected chi connectivity index (χ0v) is 16.3. The number of imidazole rings is 1. The minimum Gasteiger partial charge on any atom is -0.497 e. The van der Waals surface area contributed by atoms with E-state index in [1.807, 2.05) is 71.3 Å². The predicted molar refractivity (Wildman–Crippen MR) is 114 cm³/mol. The molecule has 0 amide bonds. The van der Waals surface area contributed by atoms with Gasteiger partial charge in [0.1, 0.15) is 27.7 Å². The van der Waals surface area contributed by atoms with Crippen molar-refractivity contribution in [2.45, 2.75) is 9.92 Å². The Kier molecular flexibility index (Phi) is 4.33. The van der Waals surface area contributed by atoms with Crippen LogP contribution in [0.15, 0.2) is 98.1 Å². The summed E-state index contributed by atoms with van der Waals surface area (Å²) in [6.45, 7) is 0. The third kappa shape index (κ3) is 3.17. The molecule has 5 aromatic rings. The molecule has 0 bridgehead atoms. The molecule has 6 heteroatoms. The first kappa shape index (κ1) is 17.6. The van der Waals surface area contributed by atoms with Crippen LogP contribution >= 0.6 is 11.8 Å². The van der Waals surface area contributed by atoms with Crippen LogP contribution in [0.25, 0.3) is 27.9 Å². The van der Waals surface area contributed by atoms with E-state index in [-0.39, 0.29) is 5.63 Å². The van der Waals surface area contributed by atoms with Crippen LogP contribution in [0, 0.1) is 0 Å². The Bertz CT molecular complexity index is 1400. The number of pyridine rings is 1. The molecule has 0 aliphatic carbocycles. The van der Waals surface area contributed by atoms with Gasteiger partial charge in [0, 0.05) is 28.1 Å². The molecular weight excluding hydrogens is 384 g/mol. The van der Waals surface area contributed by atoms with Crippen LogP contribution in [0.2, 0.25) is 0 Å². The van der Waals surface area contributed by atoms with Crippen molar-refractivity contribution >= 4 is 28.4 Å². The van der Waals surface area contributed by atoms with Gasteiger partial charge in [-0.05, 0) is 30.3 Å². The Hall–Kier alpha value is -3.51. The van der Waals surface area contributed by atoms with Crippen LogP contribution in [0.1, 0.15) is 0 Å². The second-order valence-electron chi connectivity index (χ2n) is 6.45. The van der Waals surface area contributed by atoms with Gasteiger partial charge < -0.3 is 9.15 Å². The highest BCUT2D eigenvalue weighted by atomic mass is 32.2. The first-order valence-electron chi connectivity index (χ1n) is 9.05. The number of rotatable bonds is 4. The van der Waals surface area contributed by atoms with Crippen LogP contribution in [0.4, 0.5) is 0 Å². The van der Waals surface area contributed by atoms with E-state index in [1.165, 1.54) is 17.8 Å². The van der Waals surface area contributed by atoms with Crippen molar-refractivity contribution < 1.29 is 9.15 Å². The highest BCUT2D eigenvalue weighted by molar-refractivity contribution is 7.99. The van der Waals surface area contributed by atoms with E-state index >= 15 is 0 Å². The molecular formula is C23H16N2O3S. The Morgan fingerprint density at radius 3 is 2.76 bits per heavy atom. The molecule has 2 aromatic carbocycles. The number of para-hydroxylation sites is 1. The van der Waals surface area contributed by atoms with Crippen molar-refractivity contribution in [3.8, 4) is 17.0 Å². The number of hydrogen-bond acceptors (Lipinski definition) is 5. The number of fused-ring (bicyclic) bond motifs is 2. The highest BCUT2D eigenvalue weighted by Crippen LogP contribution is 2.39. The van der Waals surface area contributed by atoms with Gasteiger partial charge in [0.2, 0.25) is 0 Å². The third-order valence-corrected chi connectivity index (χ3v) is 5.79. The van der Waals surface area contributed by atoms with Crippen LogP contribution in [-0.2, 0) is 0 Å². The van der Waals surface area contributed by atoms with E-state index < -0.39 is 0 Å². The molecule has 0 atom stereocenters. The standard InChI is InChI=1S/C23H16N2O3S/c1-27-16-8-6-7-15(13-16)22-23(25-12-5-4-11-20(25)24-22)29-19-14-21(26)28-18-10-3-2-9-17(18)19/h2-14H,1H3. The maximum atomic E-state index is 12.1. The van der Waals surface area contributed by atoms with Crippen molar-refractivity contribution in [1.82, 2.24) is 9.38 Å². The van der Waals surface area contributed by atoms with Gasteiger partial charge in [-0.2, -0.15) is 0 Å². The van der Waals surface area contributed by atoms with Crippen molar-refractivity contribution in [1.29, 1.82) is 0 Å². The van der Waals surface area contributed by atoms with E-state index in [4.69, 9.17) is 14.1 Å². The fourth-order valence-corrected chi connectivity index (χ4v) is 4.45. The van der Waals surface area contributed by atoms with Gasteiger partial charge >= 0.3 is 5.63 Å². The summed E-state index contributed by atoms with van der Waals surface area (Å²) in [5.41, 5.74) is 2.81. The molecule has 5 rings (SSSR count). The topological polar surface area (TPSA) is 56.7 Å². The van der Waals surface area contributed by atoms with Crippen molar-refractivity contribution in [3.63, 3.8) is 0 Å². The maximum absolute atomic E-state index is 12.1. The normalized spacial score (nSPS) is 11.2. The summed E-state index contributed by atoms with van der Waals surface area (Å²) in [4.78, 5) is 17.8. The molecule has 3 aromatic heterocycles. The number of methoxy groups -OCH3 is 1. The molecule has 0 aliphatic rings. The van der Waals surface area contributed by atoms with Crippen LogP contribution < -0.4 is 10.4 Å². The number of benzene rings is 2. The summed E-state index contributed by atoms with van der Waals surface area (Å²) >= 11 is 1.50. The lowest BCUT2D eigenvalue weighted by Gasteiger charge is -2.08. The summed E-state index contributed by atoms with van der Waals surface area (Å²) < 4.78 is 12.8. The minimum absolute atomic E-state index is 0.372. The van der Waals surface area contributed by atoms with Gasteiger partial charge in [-0.1, -0.05) is 48.2 Å². The fraction of sp³-hybridized carbons (Fsp3) is 0.0435. The zero-order chi connectivity index (χ0) is 19.8. The third-order valence-electron chi connectivity index (χ3n) is 4.65. The Morgan fingerprint density at radius 2 is 1.86 bits per heavy atom. The molecule has 0 unspecified atom stereocenters. The van der Waals surface area contributed by atoms with Gasteiger partial charge in [-0.3, -0.25) is 4.40 Å². The minimum atomic E-state index is -0.372. The average molecular weight is 400 g/mol. The number of aromatic nitrogens is 2. The number of hydrogen-bond donors (Lipinski definition) is 0. The molecule has 5 nitrogen and oxygen atoms in total. The number of nitrogens with zero attached hydrogens (tertiary/aromatic N) is 2. The molecule has 142 valence electrons. The van der Waals surface area contributed by atoms with Crippen molar-refractivity contribution in [2.24, 2.45) is 0 Å². The van der Waals surface area contributed by atoms with Gasteiger partial charge in [0.05, 0.1) is 7.11 Å². The molecule has 3 heterocycles.